The molecule has 2 unspecified atom stereocenters. The van der Waals surface area contributed by atoms with Crippen molar-refractivity contribution in [2.45, 2.75) is 76.7 Å². The van der Waals surface area contributed by atoms with Crippen LogP contribution in [0.4, 0.5) is 0 Å². The molecule has 0 N–H and O–H groups in total. The zero-order chi connectivity index (χ0) is 14.4. The Hall–Kier alpha value is -0.585. The van der Waals surface area contributed by atoms with Crippen molar-refractivity contribution >= 4 is 13.3 Å². The molecular formula is C14H25BN2O3. The van der Waals surface area contributed by atoms with Gasteiger partial charge in [-0.2, -0.15) is 5.10 Å². The summed E-state index contributed by atoms with van der Waals surface area (Å²) in [5.41, 5.74) is -0.585. The summed E-state index contributed by atoms with van der Waals surface area (Å²) in [6, 6.07) is 0. The minimum Gasteiger partial charge on any atom is -0.402 e. The number of rotatable bonds is 2. The number of nitrogens with zero attached hydrogens (tertiary/aromatic N) is 2. The monoisotopic (exact) mass is 280 g/mol. The lowest BCUT2D eigenvalue weighted by Crippen LogP contribution is -2.49. The first-order valence-electron chi connectivity index (χ1n) is 7.69. The second-order valence-corrected chi connectivity index (χ2v) is 6.93. The third-order valence-electron chi connectivity index (χ3n) is 4.94. The van der Waals surface area contributed by atoms with E-state index in [0.29, 0.717) is 0 Å². The van der Waals surface area contributed by atoms with Crippen LogP contribution in [0.25, 0.3) is 0 Å². The summed E-state index contributed by atoms with van der Waals surface area (Å²) in [6.45, 7) is 9.18. The van der Waals surface area contributed by atoms with E-state index in [1.165, 1.54) is 6.42 Å². The van der Waals surface area contributed by atoms with Crippen molar-refractivity contribution in [1.82, 2.24) is 5.01 Å². The molecule has 2 saturated heterocycles. The standard InChI is InChI=1S/C14H25BN2O3/c1-13(2)14(3,4)20-15(19-13)11-8-9-16-17(11)12-7-5-6-10-18-12/h9,11-12H,5-8,10H2,1-4H3. The van der Waals surface area contributed by atoms with Crippen LogP contribution in [0.5, 0.6) is 0 Å². The van der Waals surface area contributed by atoms with Crippen molar-refractivity contribution in [2.75, 3.05) is 6.61 Å². The molecule has 0 saturated carbocycles. The van der Waals surface area contributed by atoms with E-state index in [1.54, 1.807) is 0 Å². The Morgan fingerprint density at radius 3 is 2.45 bits per heavy atom. The lowest BCUT2D eigenvalue weighted by Gasteiger charge is -2.34. The Bertz CT molecular complexity index is 378. The third kappa shape index (κ3) is 2.38. The van der Waals surface area contributed by atoms with Gasteiger partial charge >= 0.3 is 7.12 Å². The molecule has 0 amide bonds. The van der Waals surface area contributed by atoms with Crippen LogP contribution in [0.3, 0.4) is 0 Å². The summed E-state index contributed by atoms with van der Waals surface area (Å²) >= 11 is 0. The van der Waals surface area contributed by atoms with E-state index in [1.807, 2.05) is 6.21 Å². The van der Waals surface area contributed by atoms with E-state index in [9.17, 15) is 0 Å². The Morgan fingerprint density at radius 2 is 1.85 bits per heavy atom. The third-order valence-corrected chi connectivity index (χ3v) is 4.94. The maximum Gasteiger partial charge on any atom is 0.484 e. The molecule has 3 aliphatic heterocycles. The summed E-state index contributed by atoms with van der Waals surface area (Å²) in [7, 11) is -0.243. The van der Waals surface area contributed by atoms with Gasteiger partial charge in [0, 0.05) is 19.2 Å². The normalized spacial score (nSPS) is 35.8. The molecule has 0 aliphatic carbocycles. The number of hydrogen-bond donors (Lipinski definition) is 0. The first-order chi connectivity index (χ1) is 9.41. The zero-order valence-corrected chi connectivity index (χ0v) is 13.0. The minimum atomic E-state index is -0.292. The molecule has 0 bridgehead atoms. The zero-order valence-electron chi connectivity index (χ0n) is 13.0. The van der Waals surface area contributed by atoms with Crippen LogP contribution in [-0.4, -0.2) is 48.3 Å². The molecule has 2 atom stereocenters. The molecule has 20 heavy (non-hydrogen) atoms. The van der Waals surface area contributed by atoms with Gasteiger partial charge in [-0.1, -0.05) is 0 Å². The van der Waals surface area contributed by atoms with Gasteiger partial charge in [-0.3, -0.25) is 5.01 Å². The van der Waals surface area contributed by atoms with Crippen molar-refractivity contribution in [2.24, 2.45) is 5.10 Å². The van der Waals surface area contributed by atoms with Crippen molar-refractivity contribution in [3.05, 3.63) is 0 Å². The summed E-state index contributed by atoms with van der Waals surface area (Å²) in [5, 5.41) is 6.56. The van der Waals surface area contributed by atoms with E-state index in [2.05, 4.69) is 37.8 Å². The predicted molar refractivity (Wildman–Crippen MR) is 78.4 cm³/mol. The highest BCUT2D eigenvalue weighted by molar-refractivity contribution is 6.48. The second kappa shape index (κ2) is 5.00. The number of hydrazone groups is 1. The van der Waals surface area contributed by atoms with Gasteiger partial charge in [0.25, 0.3) is 0 Å². The largest absolute Gasteiger partial charge is 0.484 e. The number of hydrogen-bond acceptors (Lipinski definition) is 5. The highest BCUT2D eigenvalue weighted by Gasteiger charge is 2.56. The van der Waals surface area contributed by atoms with Crippen molar-refractivity contribution in [1.29, 1.82) is 0 Å². The SMILES string of the molecule is CC1(C)OB(C2CC=NN2C2CCCCO2)OC1(C)C. The molecule has 0 aromatic rings. The lowest BCUT2D eigenvalue weighted by molar-refractivity contribution is -0.0905. The molecule has 3 aliphatic rings. The Kier molecular flexibility index (Phi) is 3.59. The summed E-state index contributed by atoms with van der Waals surface area (Å²) in [5.74, 6) is 0.124. The molecule has 3 rings (SSSR count). The van der Waals surface area contributed by atoms with E-state index in [0.717, 1.165) is 25.9 Å². The average Bonchev–Trinajstić information content (AvgIpc) is 2.94. The molecule has 0 radical (unpaired) electrons. The van der Waals surface area contributed by atoms with Crippen molar-refractivity contribution in [3.8, 4) is 0 Å². The van der Waals surface area contributed by atoms with Crippen LogP contribution >= 0.6 is 0 Å². The van der Waals surface area contributed by atoms with Crippen molar-refractivity contribution < 1.29 is 14.0 Å². The van der Waals surface area contributed by atoms with Crippen molar-refractivity contribution in [3.63, 3.8) is 0 Å². The summed E-state index contributed by atoms with van der Waals surface area (Å²) in [6.07, 6.45) is 6.27. The molecule has 3 heterocycles. The highest BCUT2D eigenvalue weighted by atomic mass is 16.7. The van der Waals surface area contributed by atoms with Gasteiger partial charge in [-0.15, -0.1) is 0 Å². The molecule has 112 valence electrons. The van der Waals surface area contributed by atoms with Gasteiger partial charge in [0.05, 0.1) is 17.1 Å². The molecule has 0 aromatic carbocycles. The quantitative estimate of drug-likeness (QED) is 0.727. The molecule has 6 heteroatoms. The van der Waals surface area contributed by atoms with E-state index in [-0.39, 0.29) is 30.5 Å². The lowest BCUT2D eigenvalue weighted by atomic mass is 9.76. The van der Waals surface area contributed by atoms with E-state index >= 15 is 0 Å². The second-order valence-electron chi connectivity index (χ2n) is 6.93. The van der Waals surface area contributed by atoms with E-state index in [4.69, 9.17) is 14.0 Å². The minimum absolute atomic E-state index is 0.0755. The van der Waals surface area contributed by atoms with Crippen LogP contribution in [-0.2, 0) is 14.0 Å². The fraction of sp³-hybridized carbons (Fsp3) is 0.929. The van der Waals surface area contributed by atoms with Crippen LogP contribution < -0.4 is 0 Å². The maximum absolute atomic E-state index is 6.17. The fourth-order valence-electron chi connectivity index (χ4n) is 2.94. The fourth-order valence-corrected chi connectivity index (χ4v) is 2.94. The first kappa shape index (κ1) is 14.4. The first-order valence-corrected chi connectivity index (χ1v) is 7.69. The number of ether oxygens (including phenoxy) is 1. The van der Waals surface area contributed by atoms with Gasteiger partial charge in [-0.25, -0.2) is 0 Å². The van der Waals surface area contributed by atoms with Gasteiger partial charge in [-0.05, 0) is 47.0 Å². The summed E-state index contributed by atoms with van der Waals surface area (Å²) in [4.78, 5) is 0. The van der Waals surface area contributed by atoms with Gasteiger partial charge in [0.2, 0.25) is 0 Å². The molecular weight excluding hydrogens is 255 g/mol. The molecule has 0 spiro atoms. The van der Waals surface area contributed by atoms with Crippen LogP contribution in [0.2, 0.25) is 0 Å². The van der Waals surface area contributed by atoms with Crippen LogP contribution in [0, 0.1) is 0 Å². The molecule has 0 aromatic heterocycles. The molecule has 2 fully saturated rings. The predicted octanol–water partition coefficient (Wildman–Crippen LogP) is 2.20. The Balaban J connectivity index is 1.71. The van der Waals surface area contributed by atoms with E-state index < -0.39 is 0 Å². The van der Waals surface area contributed by atoms with Gasteiger partial charge in [0.15, 0.2) is 0 Å². The average molecular weight is 280 g/mol. The Labute approximate surface area is 121 Å². The topological polar surface area (TPSA) is 43.3 Å². The van der Waals surface area contributed by atoms with Gasteiger partial charge in [0.1, 0.15) is 6.23 Å². The van der Waals surface area contributed by atoms with Crippen LogP contribution in [0.15, 0.2) is 5.10 Å². The smallest absolute Gasteiger partial charge is 0.402 e. The van der Waals surface area contributed by atoms with Crippen LogP contribution in [0.1, 0.15) is 53.4 Å². The summed E-state index contributed by atoms with van der Waals surface area (Å²) < 4.78 is 18.2. The highest BCUT2D eigenvalue weighted by Crippen LogP contribution is 2.39. The maximum atomic E-state index is 6.17. The Morgan fingerprint density at radius 1 is 1.15 bits per heavy atom. The van der Waals surface area contributed by atoms with Gasteiger partial charge < -0.3 is 14.0 Å². The molecule has 5 nitrogen and oxygen atoms in total.